The van der Waals surface area contributed by atoms with Gasteiger partial charge in [-0.2, -0.15) is 0 Å². The van der Waals surface area contributed by atoms with Crippen molar-refractivity contribution in [2.45, 2.75) is 0 Å². The van der Waals surface area contributed by atoms with E-state index in [2.05, 4.69) is 4.98 Å². The van der Waals surface area contributed by atoms with E-state index in [1.54, 1.807) is 42.2 Å². The second-order valence-electron chi connectivity index (χ2n) is 3.54. The highest BCUT2D eigenvalue weighted by Gasteiger charge is 2.20. The lowest BCUT2D eigenvalue weighted by atomic mass is 10.0. The fourth-order valence-corrected chi connectivity index (χ4v) is 1.62. The van der Waals surface area contributed by atoms with Gasteiger partial charge in [-0.15, -0.1) is 0 Å². The topological polar surface area (TPSA) is 72.2 Å². The van der Waals surface area contributed by atoms with Crippen LogP contribution in [0.5, 0.6) is 0 Å². The van der Waals surface area contributed by atoms with Crippen LogP contribution >= 0.6 is 0 Å². The van der Waals surface area contributed by atoms with Crippen molar-refractivity contribution in [3.63, 3.8) is 0 Å². The monoisotopic (exact) mass is 230 g/mol. The number of carboxylic acids is 1. The first-order chi connectivity index (χ1) is 8.11. The Morgan fingerprint density at radius 2 is 2.00 bits per heavy atom. The van der Waals surface area contributed by atoms with Gasteiger partial charge in [-0.3, -0.25) is 4.79 Å². The Morgan fingerprint density at radius 1 is 1.29 bits per heavy atom. The molecule has 0 aliphatic rings. The van der Waals surface area contributed by atoms with Crippen LogP contribution in [0, 0.1) is 0 Å². The third-order valence-electron chi connectivity index (χ3n) is 2.43. The van der Waals surface area contributed by atoms with Gasteiger partial charge < -0.3 is 9.67 Å². The Balaban J connectivity index is 2.60. The molecule has 1 aromatic carbocycles. The van der Waals surface area contributed by atoms with Gasteiger partial charge >= 0.3 is 5.97 Å². The van der Waals surface area contributed by atoms with Crippen LogP contribution < -0.4 is 0 Å². The summed E-state index contributed by atoms with van der Waals surface area (Å²) < 4.78 is 1.73. The number of carboxylic acid groups (broad SMARTS) is 1. The number of benzene rings is 1. The zero-order valence-corrected chi connectivity index (χ0v) is 9.12. The molecule has 0 amide bonds. The van der Waals surface area contributed by atoms with E-state index in [-0.39, 0.29) is 5.56 Å². The molecule has 0 aliphatic carbocycles. The van der Waals surface area contributed by atoms with Crippen molar-refractivity contribution in [1.82, 2.24) is 9.55 Å². The van der Waals surface area contributed by atoms with Crippen molar-refractivity contribution in [2.24, 2.45) is 7.05 Å². The molecule has 1 heterocycles. The van der Waals surface area contributed by atoms with Crippen LogP contribution in [0.25, 0.3) is 11.4 Å². The summed E-state index contributed by atoms with van der Waals surface area (Å²) in [7, 11) is 1.78. The van der Waals surface area contributed by atoms with Crippen molar-refractivity contribution in [3.05, 3.63) is 42.2 Å². The number of nitrogens with zero attached hydrogens (tertiary/aromatic N) is 2. The minimum absolute atomic E-state index is 0.148. The molecule has 1 N–H and O–H groups in total. The average molecular weight is 230 g/mol. The lowest BCUT2D eigenvalue weighted by molar-refractivity contribution is -0.131. The van der Waals surface area contributed by atoms with Crippen molar-refractivity contribution >= 4 is 11.8 Å². The molecule has 1 aromatic heterocycles. The Morgan fingerprint density at radius 3 is 2.59 bits per heavy atom. The minimum atomic E-state index is -1.47. The quantitative estimate of drug-likeness (QED) is 0.638. The molecule has 0 aliphatic heterocycles. The van der Waals surface area contributed by atoms with Crippen LogP contribution in [0.1, 0.15) is 10.4 Å². The summed E-state index contributed by atoms with van der Waals surface area (Å²) in [5.41, 5.74) is 0.668. The van der Waals surface area contributed by atoms with E-state index < -0.39 is 11.8 Å². The largest absolute Gasteiger partial charge is 0.475 e. The molecule has 2 aromatic rings. The molecule has 2 rings (SSSR count). The molecule has 0 fully saturated rings. The molecule has 17 heavy (non-hydrogen) atoms. The number of aryl methyl sites for hydroxylation is 1. The number of ketones is 1. The van der Waals surface area contributed by atoms with Gasteiger partial charge in [0.15, 0.2) is 0 Å². The van der Waals surface area contributed by atoms with Gasteiger partial charge in [0.25, 0.3) is 5.78 Å². The Hall–Kier alpha value is -2.43. The number of imidazole rings is 1. The second kappa shape index (κ2) is 4.21. The molecule has 5 heteroatoms. The molecule has 0 saturated heterocycles. The van der Waals surface area contributed by atoms with E-state index in [9.17, 15) is 9.59 Å². The predicted octanol–water partition coefficient (Wildman–Crippen LogP) is 1.35. The summed E-state index contributed by atoms with van der Waals surface area (Å²) >= 11 is 0. The van der Waals surface area contributed by atoms with Crippen molar-refractivity contribution in [3.8, 4) is 11.4 Å². The third-order valence-corrected chi connectivity index (χ3v) is 2.43. The summed E-state index contributed by atoms with van der Waals surface area (Å²) in [4.78, 5) is 26.4. The van der Waals surface area contributed by atoms with Gasteiger partial charge in [-0.05, 0) is 0 Å². The first kappa shape index (κ1) is 11.1. The van der Waals surface area contributed by atoms with Gasteiger partial charge in [-0.1, -0.05) is 24.3 Å². The van der Waals surface area contributed by atoms with Gasteiger partial charge in [0, 0.05) is 30.6 Å². The van der Waals surface area contributed by atoms with E-state index in [4.69, 9.17) is 5.11 Å². The zero-order valence-electron chi connectivity index (χ0n) is 9.12. The van der Waals surface area contributed by atoms with E-state index in [0.717, 1.165) is 0 Å². The molecule has 5 nitrogen and oxygen atoms in total. The van der Waals surface area contributed by atoms with Crippen molar-refractivity contribution in [1.29, 1.82) is 0 Å². The number of aromatic nitrogens is 2. The van der Waals surface area contributed by atoms with Crippen molar-refractivity contribution in [2.75, 3.05) is 0 Å². The standard InChI is InChI=1S/C12H10N2O3/c1-14-7-6-13-11(14)9-5-3-2-4-8(9)10(15)12(16)17/h2-7H,1H3,(H,16,17). The second-order valence-corrected chi connectivity index (χ2v) is 3.54. The van der Waals surface area contributed by atoms with Gasteiger partial charge in [0.2, 0.25) is 0 Å². The number of carbonyl (C=O) groups excluding carboxylic acids is 1. The molecule has 0 spiro atoms. The molecule has 0 saturated carbocycles. The first-order valence-corrected chi connectivity index (χ1v) is 4.95. The molecule has 0 unspecified atom stereocenters. The SMILES string of the molecule is Cn1ccnc1-c1ccccc1C(=O)C(=O)O. The number of hydrogen-bond donors (Lipinski definition) is 1. The number of Topliss-reactive ketones (excluding diaryl/α,β-unsaturated/α-hetero) is 1. The summed E-state index contributed by atoms with van der Waals surface area (Å²) in [6.45, 7) is 0. The highest BCUT2D eigenvalue weighted by molar-refractivity contribution is 6.41. The molecule has 0 bridgehead atoms. The normalized spacial score (nSPS) is 10.2. The summed E-state index contributed by atoms with van der Waals surface area (Å²) in [5.74, 6) is -1.83. The summed E-state index contributed by atoms with van der Waals surface area (Å²) in [6, 6.07) is 6.53. The fraction of sp³-hybridized carbons (Fsp3) is 0.0833. The highest BCUT2D eigenvalue weighted by Crippen LogP contribution is 2.21. The number of carbonyl (C=O) groups is 2. The Bertz CT molecular complexity index is 587. The number of aliphatic carboxylic acids is 1. The number of hydrogen-bond acceptors (Lipinski definition) is 3. The predicted molar refractivity (Wildman–Crippen MR) is 60.6 cm³/mol. The zero-order chi connectivity index (χ0) is 12.4. The van der Waals surface area contributed by atoms with E-state index in [1.807, 2.05) is 0 Å². The van der Waals surface area contributed by atoms with E-state index in [1.165, 1.54) is 6.07 Å². The fourth-order valence-electron chi connectivity index (χ4n) is 1.62. The van der Waals surface area contributed by atoms with Gasteiger partial charge in [0.05, 0.1) is 0 Å². The summed E-state index contributed by atoms with van der Waals surface area (Å²) in [5, 5.41) is 8.75. The van der Waals surface area contributed by atoms with Crippen LogP contribution in [-0.4, -0.2) is 26.4 Å². The molecular weight excluding hydrogens is 220 g/mol. The van der Waals surface area contributed by atoms with Crippen LogP contribution in [0.3, 0.4) is 0 Å². The van der Waals surface area contributed by atoms with E-state index in [0.29, 0.717) is 11.4 Å². The molecular formula is C12H10N2O3. The number of rotatable bonds is 3. The lowest BCUT2D eigenvalue weighted by Crippen LogP contribution is -2.14. The van der Waals surface area contributed by atoms with Crippen molar-refractivity contribution < 1.29 is 14.7 Å². The van der Waals surface area contributed by atoms with Crippen LogP contribution in [0.2, 0.25) is 0 Å². The Labute approximate surface area is 97.3 Å². The van der Waals surface area contributed by atoms with Crippen LogP contribution in [0.4, 0.5) is 0 Å². The minimum Gasteiger partial charge on any atom is -0.475 e. The smallest absolute Gasteiger partial charge is 0.377 e. The molecule has 0 radical (unpaired) electrons. The van der Waals surface area contributed by atoms with Crippen LogP contribution in [-0.2, 0) is 11.8 Å². The molecule has 86 valence electrons. The Kier molecular flexibility index (Phi) is 2.74. The first-order valence-electron chi connectivity index (χ1n) is 4.95. The summed E-state index contributed by atoms with van der Waals surface area (Å²) in [6.07, 6.45) is 3.33. The maximum Gasteiger partial charge on any atom is 0.377 e. The average Bonchev–Trinajstić information content (AvgIpc) is 2.74. The molecule has 0 atom stereocenters. The maximum absolute atomic E-state index is 11.5. The third kappa shape index (κ3) is 1.94. The maximum atomic E-state index is 11.5. The lowest BCUT2D eigenvalue weighted by Gasteiger charge is -2.06. The van der Waals surface area contributed by atoms with Gasteiger partial charge in [0.1, 0.15) is 5.82 Å². The van der Waals surface area contributed by atoms with Gasteiger partial charge in [-0.25, -0.2) is 9.78 Å². The van der Waals surface area contributed by atoms with Crippen LogP contribution in [0.15, 0.2) is 36.7 Å². The van der Waals surface area contributed by atoms with E-state index >= 15 is 0 Å². The highest BCUT2D eigenvalue weighted by atomic mass is 16.4.